The fourth-order valence-corrected chi connectivity index (χ4v) is 3.72. The van der Waals surface area contributed by atoms with Crippen LogP contribution in [0.5, 0.6) is 5.75 Å². The van der Waals surface area contributed by atoms with Gasteiger partial charge in [0, 0.05) is 36.9 Å². The summed E-state index contributed by atoms with van der Waals surface area (Å²) in [6.07, 6.45) is 7.72. The number of rotatable bonds is 3. The number of fused-ring (bicyclic) bond motifs is 3. The summed E-state index contributed by atoms with van der Waals surface area (Å²) in [5.74, 6) is 1.06. The Morgan fingerprint density at radius 3 is 2.74 bits per heavy atom. The Morgan fingerprint density at radius 2 is 1.91 bits per heavy atom. The van der Waals surface area contributed by atoms with Gasteiger partial charge < -0.3 is 15.4 Å². The average molecular weight is 308 g/mol. The van der Waals surface area contributed by atoms with Crippen LogP contribution in [0.1, 0.15) is 24.8 Å². The minimum Gasteiger partial charge on any atom is -0.482 e. The Labute approximate surface area is 137 Å². The van der Waals surface area contributed by atoms with Crippen LogP contribution in [0.2, 0.25) is 0 Å². The van der Waals surface area contributed by atoms with Gasteiger partial charge in [0.2, 0.25) is 0 Å². The third-order valence-electron chi connectivity index (χ3n) is 5.16. The van der Waals surface area contributed by atoms with E-state index < -0.39 is 0 Å². The molecule has 120 valence electrons. The monoisotopic (exact) mass is 308 g/mol. The van der Waals surface area contributed by atoms with E-state index in [2.05, 4.69) is 53.5 Å². The van der Waals surface area contributed by atoms with Gasteiger partial charge in [0.25, 0.3) is 0 Å². The van der Waals surface area contributed by atoms with Crippen LogP contribution < -0.4 is 10.5 Å². The van der Waals surface area contributed by atoms with Crippen LogP contribution in [-0.4, -0.2) is 36.7 Å². The summed E-state index contributed by atoms with van der Waals surface area (Å²) in [5, 5.41) is 2.47. The van der Waals surface area contributed by atoms with Gasteiger partial charge in [0.15, 0.2) is 0 Å². The molecule has 1 saturated heterocycles. The molecule has 0 saturated carbocycles. The minimum absolute atomic E-state index is 0.129. The highest BCUT2D eigenvalue weighted by atomic mass is 16.5. The number of ether oxygens (including phenoxy) is 1. The van der Waals surface area contributed by atoms with Crippen LogP contribution in [0.25, 0.3) is 16.8 Å². The summed E-state index contributed by atoms with van der Waals surface area (Å²) < 4.78 is 6.59. The van der Waals surface area contributed by atoms with Gasteiger partial charge in [-0.15, -0.1) is 0 Å². The van der Waals surface area contributed by atoms with Gasteiger partial charge in [0.05, 0.1) is 0 Å². The Balaban J connectivity index is 1.58. The summed E-state index contributed by atoms with van der Waals surface area (Å²) in [5.41, 5.74) is 6.69. The Hall–Kier alpha value is -1.84. The molecule has 2 aliphatic heterocycles. The number of benzene rings is 2. The standard InChI is InChI=1S/C20H24N2O/c21-12-3-13-22-14-10-20(11-15-22)9-8-17-7-6-16-4-1-2-5-18(16)19(17)23-20/h1-2,4-9H,3,10-15,21H2. The van der Waals surface area contributed by atoms with Crippen LogP contribution >= 0.6 is 0 Å². The van der Waals surface area contributed by atoms with Crippen LogP contribution in [0.4, 0.5) is 0 Å². The Kier molecular flexibility index (Phi) is 3.83. The van der Waals surface area contributed by atoms with Crippen molar-refractivity contribution in [3.8, 4) is 5.75 Å². The highest BCUT2D eigenvalue weighted by Gasteiger charge is 2.36. The van der Waals surface area contributed by atoms with Crippen molar-refractivity contribution in [3.63, 3.8) is 0 Å². The molecule has 0 aromatic heterocycles. The highest BCUT2D eigenvalue weighted by Crippen LogP contribution is 2.41. The largest absolute Gasteiger partial charge is 0.482 e. The molecule has 2 aliphatic rings. The van der Waals surface area contributed by atoms with E-state index in [0.29, 0.717) is 0 Å². The predicted molar refractivity (Wildman–Crippen MR) is 95.7 cm³/mol. The molecule has 2 N–H and O–H groups in total. The van der Waals surface area contributed by atoms with Gasteiger partial charge in [0.1, 0.15) is 11.4 Å². The van der Waals surface area contributed by atoms with Gasteiger partial charge in [-0.2, -0.15) is 0 Å². The number of nitrogens with two attached hydrogens (primary N) is 1. The maximum Gasteiger partial charge on any atom is 0.135 e. The van der Waals surface area contributed by atoms with Gasteiger partial charge in [-0.25, -0.2) is 0 Å². The van der Waals surface area contributed by atoms with Crippen molar-refractivity contribution in [2.24, 2.45) is 5.73 Å². The zero-order chi connectivity index (χ0) is 15.7. The number of likely N-dealkylation sites (tertiary alicyclic amines) is 1. The lowest BCUT2D eigenvalue weighted by atomic mass is 9.87. The molecule has 3 heteroatoms. The molecule has 1 spiro atoms. The molecule has 0 radical (unpaired) electrons. The summed E-state index contributed by atoms with van der Waals surface area (Å²) in [6.45, 7) is 4.06. The normalized spacial score (nSPS) is 19.7. The second kappa shape index (κ2) is 5.99. The lowest BCUT2D eigenvalue weighted by Crippen LogP contribution is -2.48. The second-order valence-electron chi connectivity index (χ2n) is 6.69. The van der Waals surface area contributed by atoms with Crippen LogP contribution in [0, 0.1) is 0 Å². The highest BCUT2D eigenvalue weighted by molar-refractivity contribution is 5.92. The first-order chi connectivity index (χ1) is 11.3. The first kappa shape index (κ1) is 14.7. The molecule has 23 heavy (non-hydrogen) atoms. The number of piperidine rings is 1. The number of hydrogen-bond donors (Lipinski definition) is 1. The average Bonchev–Trinajstić information content (AvgIpc) is 2.61. The SMILES string of the molecule is NCCCN1CCC2(C=Cc3ccc4ccccc4c3O2)CC1. The van der Waals surface area contributed by atoms with Gasteiger partial charge in [-0.05, 0) is 31.0 Å². The third kappa shape index (κ3) is 2.75. The second-order valence-corrected chi connectivity index (χ2v) is 6.69. The molecule has 3 nitrogen and oxygen atoms in total. The van der Waals surface area contributed by atoms with Crippen molar-refractivity contribution in [3.05, 3.63) is 48.0 Å². The number of nitrogens with zero attached hydrogens (tertiary/aromatic N) is 1. The lowest BCUT2D eigenvalue weighted by molar-refractivity contribution is 0.0399. The predicted octanol–water partition coefficient (Wildman–Crippen LogP) is 3.43. The van der Waals surface area contributed by atoms with Crippen molar-refractivity contribution in [1.29, 1.82) is 0 Å². The van der Waals surface area contributed by atoms with Gasteiger partial charge in [-0.1, -0.05) is 42.5 Å². The fraction of sp³-hybridized carbons (Fsp3) is 0.400. The first-order valence-electron chi connectivity index (χ1n) is 8.62. The van der Waals surface area contributed by atoms with Crippen LogP contribution in [0.15, 0.2) is 42.5 Å². The van der Waals surface area contributed by atoms with Crippen molar-refractivity contribution >= 4 is 16.8 Å². The van der Waals surface area contributed by atoms with E-state index in [0.717, 1.165) is 51.2 Å². The van der Waals surface area contributed by atoms with Gasteiger partial charge in [-0.3, -0.25) is 0 Å². The Bertz CT molecular complexity index is 729. The maximum atomic E-state index is 6.59. The number of hydrogen-bond acceptors (Lipinski definition) is 3. The first-order valence-corrected chi connectivity index (χ1v) is 8.62. The van der Waals surface area contributed by atoms with Crippen molar-refractivity contribution < 1.29 is 4.74 Å². The van der Waals surface area contributed by atoms with E-state index in [1.807, 2.05) is 0 Å². The molecular weight excluding hydrogens is 284 g/mol. The molecule has 0 atom stereocenters. The smallest absolute Gasteiger partial charge is 0.135 e. The molecule has 0 bridgehead atoms. The topological polar surface area (TPSA) is 38.5 Å². The summed E-state index contributed by atoms with van der Waals surface area (Å²) in [7, 11) is 0. The van der Waals surface area contributed by atoms with E-state index in [1.54, 1.807) is 0 Å². The molecule has 0 amide bonds. The molecule has 2 aromatic carbocycles. The summed E-state index contributed by atoms with van der Waals surface area (Å²) >= 11 is 0. The molecule has 0 aliphatic carbocycles. The fourth-order valence-electron chi connectivity index (χ4n) is 3.72. The zero-order valence-electron chi connectivity index (χ0n) is 13.5. The van der Waals surface area contributed by atoms with Crippen molar-refractivity contribution in [2.45, 2.75) is 24.9 Å². The lowest BCUT2D eigenvalue weighted by Gasteiger charge is -2.42. The van der Waals surface area contributed by atoms with E-state index in [4.69, 9.17) is 10.5 Å². The zero-order valence-corrected chi connectivity index (χ0v) is 13.5. The van der Waals surface area contributed by atoms with Crippen molar-refractivity contribution in [2.75, 3.05) is 26.2 Å². The Morgan fingerprint density at radius 1 is 1.09 bits per heavy atom. The third-order valence-corrected chi connectivity index (χ3v) is 5.16. The van der Waals surface area contributed by atoms with E-state index in [-0.39, 0.29) is 5.60 Å². The molecule has 4 rings (SSSR count). The quantitative estimate of drug-likeness (QED) is 0.944. The molecule has 1 fully saturated rings. The van der Waals surface area contributed by atoms with E-state index in [9.17, 15) is 0 Å². The maximum absolute atomic E-state index is 6.59. The van der Waals surface area contributed by atoms with Crippen LogP contribution in [0.3, 0.4) is 0 Å². The minimum atomic E-state index is -0.129. The van der Waals surface area contributed by atoms with Gasteiger partial charge >= 0.3 is 0 Å². The summed E-state index contributed by atoms with van der Waals surface area (Å²) in [4.78, 5) is 2.51. The van der Waals surface area contributed by atoms with E-state index >= 15 is 0 Å². The molecular formula is C20H24N2O. The summed E-state index contributed by atoms with van der Waals surface area (Å²) in [6, 6.07) is 12.8. The van der Waals surface area contributed by atoms with E-state index in [1.165, 1.54) is 16.3 Å². The molecule has 0 unspecified atom stereocenters. The van der Waals surface area contributed by atoms with Crippen molar-refractivity contribution in [1.82, 2.24) is 4.90 Å². The molecule has 2 aromatic rings. The van der Waals surface area contributed by atoms with Crippen LogP contribution in [-0.2, 0) is 0 Å². The molecule has 2 heterocycles.